The minimum absolute atomic E-state index is 0.571. The fourth-order valence-electron chi connectivity index (χ4n) is 0.926. The largest absolute Gasteiger partial charge is 0.493 e. The summed E-state index contributed by atoms with van der Waals surface area (Å²) in [5.74, 6) is 1.20. The van der Waals surface area contributed by atoms with Crippen molar-refractivity contribution in [3.05, 3.63) is 23.8 Å². The topological polar surface area (TPSA) is 35.5 Å². The quantitative estimate of drug-likeness (QED) is 0.697. The maximum atomic E-state index is 10.4. The second kappa shape index (κ2) is 6.95. The fourth-order valence-corrected chi connectivity index (χ4v) is 0.926. The molecule has 0 saturated carbocycles. The highest BCUT2D eigenvalue weighted by Gasteiger charge is 2.02. The molecule has 1 rings (SSSR count). The van der Waals surface area contributed by atoms with Gasteiger partial charge in [-0.1, -0.05) is 13.8 Å². The maximum absolute atomic E-state index is 10.4. The second-order valence-electron chi connectivity index (χ2n) is 2.23. The van der Waals surface area contributed by atoms with E-state index >= 15 is 0 Å². The van der Waals surface area contributed by atoms with Gasteiger partial charge in [-0.05, 0) is 18.2 Å². The lowest BCUT2D eigenvalue weighted by Crippen LogP contribution is -1.91. The maximum Gasteiger partial charge on any atom is 0.161 e. The smallest absolute Gasteiger partial charge is 0.161 e. The summed E-state index contributed by atoms with van der Waals surface area (Å²) in [6, 6.07) is 5.00. The Balaban J connectivity index is 0.000000791. The molecule has 0 spiro atoms. The molecule has 0 atom stereocenters. The lowest BCUT2D eigenvalue weighted by atomic mass is 10.2. The van der Waals surface area contributed by atoms with E-state index in [2.05, 4.69) is 0 Å². The Morgan fingerprint density at radius 1 is 1.07 bits per heavy atom. The van der Waals surface area contributed by atoms with Gasteiger partial charge in [0, 0.05) is 5.56 Å². The zero-order chi connectivity index (χ0) is 11.0. The van der Waals surface area contributed by atoms with Gasteiger partial charge in [-0.25, -0.2) is 0 Å². The van der Waals surface area contributed by atoms with E-state index in [1.165, 1.54) is 7.11 Å². The molecule has 0 radical (unpaired) electrons. The first-order valence-electron chi connectivity index (χ1n) is 4.49. The van der Waals surface area contributed by atoms with Crippen LogP contribution in [0.25, 0.3) is 0 Å². The molecule has 0 unspecified atom stereocenters. The van der Waals surface area contributed by atoms with Crippen LogP contribution in [-0.4, -0.2) is 20.5 Å². The van der Waals surface area contributed by atoms with Crippen LogP contribution in [0, 0.1) is 0 Å². The molecule has 3 heteroatoms. The lowest BCUT2D eigenvalue weighted by molar-refractivity contribution is 0.112. The summed E-state index contributed by atoms with van der Waals surface area (Å²) in [5.41, 5.74) is 0.577. The molecular weight excluding hydrogens is 180 g/mol. The Kier molecular flexibility index (Phi) is 6.20. The van der Waals surface area contributed by atoms with E-state index < -0.39 is 0 Å². The summed E-state index contributed by atoms with van der Waals surface area (Å²) < 4.78 is 9.99. The Morgan fingerprint density at radius 2 is 1.64 bits per heavy atom. The summed E-state index contributed by atoms with van der Waals surface area (Å²) >= 11 is 0. The minimum Gasteiger partial charge on any atom is -0.493 e. The second-order valence-corrected chi connectivity index (χ2v) is 2.23. The van der Waals surface area contributed by atoms with E-state index in [4.69, 9.17) is 9.47 Å². The highest BCUT2D eigenvalue weighted by molar-refractivity contribution is 5.76. The molecule has 0 aliphatic heterocycles. The van der Waals surface area contributed by atoms with Crippen molar-refractivity contribution in [1.29, 1.82) is 0 Å². The predicted octanol–water partition coefficient (Wildman–Crippen LogP) is 2.54. The van der Waals surface area contributed by atoms with Crippen molar-refractivity contribution in [2.45, 2.75) is 13.8 Å². The van der Waals surface area contributed by atoms with Gasteiger partial charge in [-0.2, -0.15) is 0 Å². The van der Waals surface area contributed by atoms with E-state index in [0.717, 1.165) is 6.29 Å². The standard InChI is InChI=1S/C9H10O3.C2H6/c1-11-8-4-3-7(6-10)5-9(8)12-2;1-2/h3-6H,1-2H3;1-2H3. The zero-order valence-electron chi connectivity index (χ0n) is 9.03. The van der Waals surface area contributed by atoms with Gasteiger partial charge in [0.15, 0.2) is 11.5 Å². The van der Waals surface area contributed by atoms with Crippen molar-refractivity contribution in [3.63, 3.8) is 0 Å². The van der Waals surface area contributed by atoms with Crippen molar-refractivity contribution in [2.24, 2.45) is 0 Å². The number of carbonyl (C=O) groups is 1. The van der Waals surface area contributed by atoms with Crippen LogP contribution in [0.4, 0.5) is 0 Å². The molecule has 78 valence electrons. The first-order valence-corrected chi connectivity index (χ1v) is 4.49. The molecule has 14 heavy (non-hydrogen) atoms. The van der Waals surface area contributed by atoms with Crippen LogP contribution in [0.2, 0.25) is 0 Å². The van der Waals surface area contributed by atoms with Gasteiger partial charge in [0.05, 0.1) is 14.2 Å². The summed E-state index contributed by atoms with van der Waals surface area (Å²) in [4.78, 5) is 10.4. The van der Waals surface area contributed by atoms with Crippen molar-refractivity contribution in [1.82, 2.24) is 0 Å². The molecule has 0 aliphatic carbocycles. The van der Waals surface area contributed by atoms with Crippen molar-refractivity contribution < 1.29 is 14.3 Å². The number of benzene rings is 1. The van der Waals surface area contributed by atoms with Crippen molar-refractivity contribution in [3.8, 4) is 11.5 Å². The van der Waals surface area contributed by atoms with E-state index in [1.807, 2.05) is 13.8 Å². The molecule has 3 nitrogen and oxygen atoms in total. The zero-order valence-corrected chi connectivity index (χ0v) is 9.03. The average molecular weight is 196 g/mol. The third-order valence-electron chi connectivity index (χ3n) is 1.54. The van der Waals surface area contributed by atoms with Gasteiger partial charge in [-0.15, -0.1) is 0 Å². The summed E-state index contributed by atoms with van der Waals surface area (Å²) in [6.45, 7) is 4.00. The summed E-state index contributed by atoms with van der Waals surface area (Å²) in [6.07, 6.45) is 0.766. The molecule has 0 fully saturated rings. The molecule has 0 bridgehead atoms. The molecule has 0 saturated heterocycles. The third kappa shape index (κ3) is 3.09. The van der Waals surface area contributed by atoms with Crippen LogP contribution >= 0.6 is 0 Å². The molecule has 0 aromatic heterocycles. The molecule has 0 amide bonds. The lowest BCUT2D eigenvalue weighted by Gasteiger charge is -2.06. The Bertz CT molecular complexity index is 282. The molecule has 0 heterocycles. The highest BCUT2D eigenvalue weighted by Crippen LogP contribution is 2.26. The number of aldehydes is 1. The molecule has 0 N–H and O–H groups in total. The first kappa shape index (κ1) is 12.5. The Hall–Kier alpha value is -1.51. The predicted molar refractivity (Wildman–Crippen MR) is 56.3 cm³/mol. The number of carbonyl (C=O) groups excluding carboxylic acids is 1. The molecule has 1 aromatic rings. The van der Waals surface area contributed by atoms with E-state index in [1.54, 1.807) is 25.3 Å². The fraction of sp³-hybridized carbons (Fsp3) is 0.364. The van der Waals surface area contributed by atoms with Gasteiger partial charge < -0.3 is 9.47 Å². The monoisotopic (exact) mass is 196 g/mol. The van der Waals surface area contributed by atoms with E-state index in [0.29, 0.717) is 17.1 Å². The van der Waals surface area contributed by atoms with Crippen LogP contribution in [0.5, 0.6) is 11.5 Å². The number of ether oxygens (including phenoxy) is 2. The van der Waals surface area contributed by atoms with Crippen LogP contribution in [0.15, 0.2) is 18.2 Å². The SMILES string of the molecule is CC.COc1ccc(C=O)cc1OC. The number of hydrogen-bond donors (Lipinski definition) is 0. The van der Waals surface area contributed by atoms with Gasteiger partial charge in [0.1, 0.15) is 6.29 Å². The normalized spacial score (nSPS) is 8.29. The summed E-state index contributed by atoms with van der Waals surface area (Å²) in [5, 5.41) is 0. The Morgan fingerprint density at radius 3 is 2.07 bits per heavy atom. The van der Waals surface area contributed by atoms with E-state index in [-0.39, 0.29) is 0 Å². The number of rotatable bonds is 3. The minimum atomic E-state index is 0.571. The van der Waals surface area contributed by atoms with Gasteiger partial charge in [0.2, 0.25) is 0 Å². The average Bonchev–Trinajstić information content (AvgIpc) is 2.30. The van der Waals surface area contributed by atoms with Crippen LogP contribution in [0.1, 0.15) is 24.2 Å². The first-order chi connectivity index (χ1) is 6.81. The van der Waals surface area contributed by atoms with Crippen molar-refractivity contribution in [2.75, 3.05) is 14.2 Å². The van der Waals surface area contributed by atoms with Crippen LogP contribution in [-0.2, 0) is 0 Å². The van der Waals surface area contributed by atoms with Crippen LogP contribution in [0.3, 0.4) is 0 Å². The van der Waals surface area contributed by atoms with Crippen LogP contribution < -0.4 is 9.47 Å². The van der Waals surface area contributed by atoms with Gasteiger partial charge >= 0.3 is 0 Å². The van der Waals surface area contributed by atoms with Crippen molar-refractivity contribution >= 4 is 6.29 Å². The molecule has 1 aromatic carbocycles. The summed E-state index contributed by atoms with van der Waals surface area (Å²) in [7, 11) is 3.09. The molecular formula is C11H16O3. The van der Waals surface area contributed by atoms with Gasteiger partial charge in [-0.3, -0.25) is 4.79 Å². The van der Waals surface area contributed by atoms with E-state index in [9.17, 15) is 4.79 Å². The highest BCUT2D eigenvalue weighted by atomic mass is 16.5. The molecule has 0 aliphatic rings. The van der Waals surface area contributed by atoms with Gasteiger partial charge in [0.25, 0.3) is 0 Å². The Labute approximate surface area is 84.7 Å². The third-order valence-corrected chi connectivity index (χ3v) is 1.54. The number of hydrogen-bond acceptors (Lipinski definition) is 3. The number of methoxy groups -OCH3 is 2.